The highest BCUT2D eigenvalue weighted by atomic mass is 16.8. The van der Waals surface area contributed by atoms with Gasteiger partial charge in [-0.15, -0.1) is 0 Å². The number of carbonyl (C=O) groups is 1. The topological polar surface area (TPSA) is 156 Å². The van der Waals surface area contributed by atoms with Crippen LogP contribution in [-0.4, -0.2) is 81.5 Å². The lowest BCUT2D eigenvalue weighted by Crippen LogP contribution is -2.31. The summed E-state index contributed by atoms with van der Waals surface area (Å²) in [5.41, 5.74) is 6.87. The number of anilines is 1. The van der Waals surface area contributed by atoms with Gasteiger partial charge >= 0.3 is 5.97 Å². The zero-order chi connectivity index (χ0) is 21.9. The second-order valence-corrected chi connectivity index (χ2v) is 7.23. The van der Waals surface area contributed by atoms with Crippen LogP contribution in [0, 0.1) is 0 Å². The molecule has 4 atom stereocenters. The summed E-state index contributed by atoms with van der Waals surface area (Å²) in [5.74, 6) is -0.620. The molecular weight excluding hydrogens is 396 g/mol. The van der Waals surface area contributed by atoms with Crippen molar-refractivity contribution in [3.05, 3.63) is 12.7 Å². The molecule has 12 heteroatoms. The minimum absolute atomic E-state index is 0.152. The molecule has 166 valence electrons. The van der Waals surface area contributed by atoms with Gasteiger partial charge in [0.2, 0.25) is 0 Å². The third kappa shape index (κ3) is 4.52. The van der Waals surface area contributed by atoms with Crippen molar-refractivity contribution < 1.29 is 28.8 Å². The number of nitrogens with two attached hydrogens (primary N) is 1. The molecule has 0 saturated carbocycles. The number of nitrogens with one attached hydrogen (secondary N) is 1. The second-order valence-electron chi connectivity index (χ2n) is 7.23. The summed E-state index contributed by atoms with van der Waals surface area (Å²) in [6, 6.07) is 0. The van der Waals surface area contributed by atoms with Crippen LogP contribution in [0.15, 0.2) is 12.7 Å². The highest BCUT2D eigenvalue weighted by Crippen LogP contribution is 2.43. The molecule has 0 bridgehead atoms. The number of imidazole rings is 1. The molecule has 4 heterocycles. The van der Waals surface area contributed by atoms with E-state index >= 15 is 0 Å². The number of carbonyl (C=O) groups excluding carboxylic acids is 1. The molecule has 2 fully saturated rings. The van der Waals surface area contributed by atoms with Crippen molar-refractivity contribution in [2.45, 2.75) is 51.1 Å². The summed E-state index contributed by atoms with van der Waals surface area (Å²) in [6.07, 6.45) is 1.30. The summed E-state index contributed by atoms with van der Waals surface area (Å²) in [5, 5.41) is 12.2. The van der Waals surface area contributed by atoms with Gasteiger partial charge in [-0.3, -0.25) is 9.36 Å². The van der Waals surface area contributed by atoms with Crippen LogP contribution in [-0.2, 0) is 23.7 Å². The molecule has 0 aliphatic carbocycles. The molecule has 2 saturated heterocycles. The number of aliphatic hydroxyl groups excluding tert-OH is 1. The van der Waals surface area contributed by atoms with Gasteiger partial charge in [0.1, 0.15) is 30.2 Å². The molecule has 2 aliphatic rings. The number of aromatic nitrogens is 4. The van der Waals surface area contributed by atoms with E-state index in [2.05, 4.69) is 25.0 Å². The highest BCUT2D eigenvalue weighted by Gasteiger charge is 2.55. The maximum absolute atomic E-state index is 10.4. The van der Waals surface area contributed by atoms with Crippen molar-refractivity contribution in [2.24, 2.45) is 0 Å². The molecule has 2 aliphatic heterocycles. The van der Waals surface area contributed by atoms with Crippen LogP contribution in [0.1, 0.15) is 27.0 Å². The number of hydrogen-bond acceptors (Lipinski definition) is 11. The van der Waals surface area contributed by atoms with Crippen molar-refractivity contribution in [1.82, 2.24) is 24.8 Å². The molecule has 0 radical (unpaired) electrons. The zero-order valence-corrected chi connectivity index (χ0v) is 17.4. The maximum Gasteiger partial charge on any atom is 0.319 e. The monoisotopic (exact) mass is 424 g/mol. The van der Waals surface area contributed by atoms with E-state index in [1.807, 2.05) is 13.8 Å². The molecule has 0 amide bonds. The average Bonchev–Trinajstić information content (AvgIpc) is 3.34. The fourth-order valence-electron chi connectivity index (χ4n) is 3.44. The number of hydrogen-bond donors (Lipinski definition) is 3. The van der Waals surface area contributed by atoms with E-state index in [4.69, 9.17) is 19.9 Å². The summed E-state index contributed by atoms with van der Waals surface area (Å²) >= 11 is 0. The van der Waals surface area contributed by atoms with Crippen LogP contribution in [0.4, 0.5) is 5.82 Å². The number of fused-ring (bicyclic) bond motifs is 2. The molecule has 2 aromatic heterocycles. The third-order valence-corrected chi connectivity index (χ3v) is 4.59. The first-order valence-electron chi connectivity index (χ1n) is 9.66. The van der Waals surface area contributed by atoms with Crippen LogP contribution >= 0.6 is 0 Å². The number of aliphatic hydroxyl groups is 1. The smallest absolute Gasteiger partial charge is 0.319 e. The van der Waals surface area contributed by atoms with Crippen LogP contribution in [0.2, 0.25) is 0 Å². The van der Waals surface area contributed by atoms with E-state index < -0.39 is 18.1 Å². The molecule has 0 aromatic carbocycles. The van der Waals surface area contributed by atoms with Crippen LogP contribution in [0.25, 0.3) is 11.2 Å². The van der Waals surface area contributed by atoms with Gasteiger partial charge < -0.3 is 35.1 Å². The summed E-state index contributed by atoms with van der Waals surface area (Å²) < 4.78 is 24.0. The number of nitrogen functional groups attached to an aromatic ring is 1. The van der Waals surface area contributed by atoms with E-state index in [0.717, 1.165) is 0 Å². The van der Waals surface area contributed by atoms with Gasteiger partial charge in [-0.05, 0) is 27.8 Å². The summed E-state index contributed by atoms with van der Waals surface area (Å²) in [6.45, 7) is 6.06. The highest BCUT2D eigenvalue weighted by molar-refractivity contribution is 5.81. The molecule has 30 heavy (non-hydrogen) atoms. The summed E-state index contributed by atoms with van der Waals surface area (Å²) in [4.78, 5) is 22.7. The molecular formula is C18H28N6O6. The van der Waals surface area contributed by atoms with Crippen molar-refractivity contribution >= 4 is 23.0 Å². The Bertz CT molecular complexity index is 866. The van der Waals surface area contributed by atoms with E-state index in [-0.39, 0.29) is 24.8 Å². The predicted molar refractivity (Wildman–Crippen MR) is 105 cm³/mol. The number of nitrogens with zero attached hydrogens (tertiary/aromatic N) is 4. The number of esters is 1. The first-order chi connectivity index (χ1) is 14.3. The number of rotatable bonds is 5. The predicted octanol–water partition coefficient (Wildman–Crippen LogP) is -0.413. The zero-order valence-electron chi connectivity index (χ0n) is 17.4. The fraction of sp³-hybridized carbons (Fsp3) is 0.667. The Labute approximate surface area is 173 Å². The number of likely N-dealkylation sites (N-methyl/N-ethyl adjacent to an activating group) is 1. The van der Waals surface area contributed by atoms with Gasteiger partial charge in [-0.25, -0.2) is 15.0 Å². The van der Waals surface area contributed by atoms with Crippen LogP contribution in [0.5, 0.6) is 0 Å². The third-order valence-electron chi connectivity index (χ3n) is 4.59. The van der Waals surface area contributed by atoms with Gasteiger partial charge in [0.05, 0.1) is 26.1 Å². The van der Waals surface area contributed by atoms with E-state index in [1.54, 1.807) is 24.9 Å². The number of ether oxygens (including phenoxy) is 4. The standard InChI is InChI=1S/C13H17N5O4.C5H11NO2/c1-13(2)21-8-6(3-19)20-12(9(8)22-13)18-5-17-7-10(14)15-4-16-11(7)18;1-3-8-5(7)4-6-2/h4-6,8-9,12,19H,3H2,1-2H3,(H2,14,15,16);6H,3-4H2,1-2H3/t6-,8?,9+,12-;/m1./s1. The molecule has 4 N–H and O–H groups in total. The molecule has 1 unspecified atom stereocenters. The SMILES string of the molecule is CC1(C)OC2[C@@H](CO)O[C@@H](n3cnc4c(N)ncnc43)[C@H]2O1.CCOC(=O)CNC. The van der Waals surface area contributed by atoms with E-state index in [9.17, 15) is 9.90 Å². The molecule has 12 nitrogen and oxygen atoms in total. The molecule has 2 aromatic rings. The Morgan fingerprint density at radius 3 is 2.73 bits per heavy atom. The quantitative estimate of drug-likeness (QED) is 0.536. The Morgan fingerprint density at radius 1 is 1.33 bits per heavy atom. The van der Waals surface area contributed by atoms with Gasteiger partial charge in [0.25, 0.3) is 0 Å². The van der Waals surface area contributed by atoms with Crippen LogP contribution < -0.4 is 11.1 Å². The molecule has 4 rings (SSSR count). The largest absolute Gasteiger partial charge is 0.465 e. The fourth-order valence-corrected chi connectivity index (χ4v) is 3.44. The van der Waals surface area contributed by atoms with Gasteiger partial charge in [-0.1, -0.05) is 0 Å². The van der Waals surface area contributed by atoms with Crippen molar-refractivity contribution in [3.63, 3.8) is 0 Å². The van der Waals surface area contributed by atoms with Gasteiger partial charge in [-0.2, -0.15) is 0 Å². The molecule has 0 spiro atoms. The summed E-state index contributed by atoms with van der Waals surface area (Å²) in [7, 11) is 1.71. The van der Waals surface area contributed by atoms with Crippen molar-refractivity contribution in [3.8, 4) is 0 Å². The Hall–Kier alpha value is -2.38. The van der Waals surface area contributed by atoms with Gasteiger partial charge in [0, 0.05) is 0 Å². The first kappa shape index (κ1) is 22.3. The van der Waals surface area contributed by atoms with Crippen molar-refractivity contribution in [2.75, 3.05) is 32.5 Å². The first-order valence-corrected chi connectivity index (χ1v) is 9.66. The minimum Gasteiger partial charge on any atom is -0.465 e. The van der Waals surface area contributed by atoms with Crippen LogP contribution in [0.3, 0.4) is 0 Å². The lowest BCUT2D eigenvalue weighted by molar-refractivity contribution is -0.199. The second kappa shape index (κ2) is 9.18. The minimum atomic E-state index is -0.727. The van der Waals surface area contributed by atoms with E-state index in [1.165, 1.54) is 6.33 Å². The normalized spacial score (nSPS) is 26.8. The lowest BCUT2D eigenvalue weighted by Gasteiger charge is -2.24. The Morgan fingerprint density at radius 2 is 2.07 bits per heavy atom. The van der Waals surface area contributed by atoms with E-state index in [0.29, 0.717) is 30.1 Å². The van der Waals surface area contributed by atoms with Gasteiger partial charge in [0.15, 0.2) is 23.5 Å². The average molecular weight is 424 g/mol. The maximum atomic E-state index is 10.4. The Balaban J connectivity index is 0.000000275. The lowest BCUT2D eigenvalue weighted by atomic mass is 10.1. The van der Waals surface area contributed by atoms with Crippen molar-refractivity contribution in [1.29, 1.82) is 0 Å². The Kier molecular flexibility index (Phi) is 6.83.